The van der Waals surface area contributed by atoms with Crippen molar-refractivity contribution in [3.63, 3.8) is 0 Å². The van der Waals surface area contributed by atoms with Gasteiger partial charge in [0, 0.05) is 31.5 Å². The lowest BCUT2D eigenvalue weighted by molar-refractivity contribution is 0.0710. The molecule has 1 N–H and O–H groups in total. The van der Waals surface area contributed by atoms with E-state index >= 15 is 0 Å². The minimum Gasteiger partial charge on any atom is -0.391 e. The van der Waals surface area contributed by atoms with Gasteiger partial charge in [-0.25, -0.2) is 4.98 Å². The number of carbonyl (C=O) groups is 1. The minimum atomic E-state index is -0.497. The van der Waals surface area contributed by atoms with Crippen LogP contribution in [0.25, 0.3) is 0 Å². The van der Waals surface area contributed by atoms with E-state index in [0.717, 1.165) is 12.1 Å². The van der Waals surface area contributed by atoms with Crippen molar-refractivity contribution in [1.29, 1.82) is 0 Å². The molecule has 0 aromatic carbocycles. The molecule has 3 heterocycles. The fraction of sp³-hybridized carbons (Fsp3) is 0.588. The van der Waals surface area contributed by atoms with Crippen molar-refractivity contribution in [2.24, 2.45) is 5.92 Å². The topological polar surface area (TPSA) is 84.4 Å². The number of imidazole rings is 1. The second-order valence-electron chi connectivity index (χ2n) is 6.79. The molecule has 130 valence electrons. The van der Waals surface area contributed by atoms with E-state index in [-0.39, 0.29) is 17.7 Å². The summed E-state index contributed by atoms with van der Waals surface area (Å²) >= 11 is 0. The summed E-state index contributed by atoms with van der Waals surface area (Å²) < 4.78 is 7.14. The van der Waals surface area contributed by atoms with E-state index in [1.807, 2.05) is 10.8 Å². The molecule has 7 nitrogen and oxygen atoms in total. The number of hydrogen-bond donors (Lipinski definition) is 1. The first-order valence-electron chi connectivity index (χ1n) is 8.45. The maximum atomic E-state index is 12.6. The lowest BCUT2D eigenvalue weighted by atomic mass is 10.1. The van der Waals surface area contributed by atoms with Gasteiger partial charge in [0.05, 0.1) is 24.2 Å². The molecule has 0 radical (unpaired) electrons. The molecule has 0 bridgehead atoms. The molecule has 0 spiro atoms. The van der Waals surface area contributed by atoms with Crippen LogP contribution in [0.15, 0.2) is 29.3 Å². The zero-order chi connectivity index (χ0) is 17.1. The van der Waals surface area contributed by atoms with Crippen molar-refractivity contribution in [3.8, 4) is 0 Å². The summed E-state index contributed by atoms with van der Waals surface area (Å²) in [7, 11) is 0. The Hall–Kier alpha value is -2.15. The summed E-state index contributed by atoms with van der Waals surface area (Å²) in [6.45, 7) is 5.27. The number of aliphatic hydroxyl groups excluding tert-OH is 1. The number of hydrogen-bond acceptors (Lipinski definition) is 5. The predicted octanol–water partition coefficient (Wildman–Crippen LogP) is 1.91. The summed E-state index contributed by atoms with van der Waals surface area (Å²) in [5.41, 5.74) is 0.805. The van der Waals surface area contributed by atoms with Crippen LogP contribution >= 0.6 is 0 Å². The highest BCUT2D eigenvalue weighted by Gasteiger charge is 2.29. The number of likely N-dealkylation sites (tertiary alicyclic amines) is 1. The summed E-state index contributed by atoms with van der Waals surface area (Å²) in [5, 5.41) is 14.4. The molecule has 24 heavy (non-hydrogen) atoms. The van der Waals surface area contributed by atoms with Crippen LogP contribution in [-0.4, -0.2) is 49.8 Å². The van der Waals surface area contributed by atoms with Crippen LogP contribution < -0.4 is 0 Å². The molecule has 2 atom stereocenters. The van der Waals surface area contributed by atoms with Gasteiger partial charge in [-0.1, -0.05) is 19.0 Å². The number of nitrogens with zero attached hydrogens (tertiary/aromatic N) is 4. The van der Waals surface area contributed by atoms with Gasteiger partial charge in [0.2, 0.25) is 5.76 Å². The maximum Gasteiger partial charge on any atom is 0.292 e. The van der Waals surface area contributed by atoms with Crippen molar-refractivity contribution in [2.75, 3.05) is 13.1 Å². The molecule has 7 heteroatoms. The monoisotopic (exact) mass is 332 g/mol. The molecule has 0 saturated carbocycles. The molecular weight excluding hydrogens is 308 g/mol. The SMILES string of the molecule is CC(C)Cc1cc(C(=O)N2CC[C@H](O)[C@@H](n3ccnc3)CC2)on1. The Balaban J connectivity index is 1.67. The molecular formula is C17H24N4O3. The lowest BCUT2D eigenvalue weighted by Gasteiger charge is -2.21. The second-order valence-corrected chi connectivity index (χ2v) is 6.79. The summed E-state index contributed by atoms with van der Waals surface area (Å²) in [6, 6.07) is 1.67. The molecule has 3 rings (SSSR count). The Morgan fingerprint density at radius 1 is 1.42 bits per heavy atom. The van der Waals surface area contributed by atoms with Crippen LogP contribution in [0.4, 0.5) is 0 Å². The average molecular weight is 332 g/mol. The third-order valence-electron chi connectivity index (χ3n) is 4.42. The number of aliphatic hydroxyl groups is 1. The van der Waals surface area contributed by atoms with E-state index in [9.17, 15) is 9.90 Å². The van der Waals surface area contributed by atoms with Crippen LogP contribution in [0.1, 0.15) is 49.0 Å². The molecule has 1 fully saturated rings. The highest BCUT2D eigenvalue weighted by Crippen LogP contribution is 2.24. The van der Waals surface area contributed by atoms with E-state index < -0.39 is 6.10 Å². The first-order chi connectivity index (χ1) is 11.5. The second kappa shape index (κ2) is 7.17. The molecule has 2 aromatic heterocycles. The van der Waals surface area contributed by atoms with Gasteiger partial charge >= 0.3 is 0 Å². The Bertz CT molecular complexity index is 665. The molecule has 1 aliphatic rings. The Morgan fingerprint density at radius 2 is 2.21 bits per heavy atom. The molecule has 0 unspecified atom stereocenters. The molecule has 1 amide bonds. The third-order valence-corrected chi connectivity index (χ3v) is 4.42. The van der Waals surface area contributed by atoms with Crippen molar-refractivity contribution < 1.29 is 14.4 Å². The minimum absolute atomic E-state index is 0.0588. The van der Waals surface area contributed by atoms with Gasteiger partial charge in [-0.15, -0.1) is 0 Å². The number of aromatic nitrogens is 3. The predicted molar refractivity (Wildman–Crippen MR) is 87.5 cm³/mol. The quantitative estimate of drug-likeness (QED) is 0.924. The van der Waals surface area contributed by atoms with Crippen molar-refractivity contribution >= 4 is 5.91 Å². The number of amides is 1. The normalized spacial score (nSPS) is 21.9. The highest BCUT2D eigenvalue weighted by atomic mass is 16.5. The largest absolute Gasteiger partial charge is 0.391 e. The summed E-state index contributed by atoms with van der Waals surface area (Å²) in [6.07, 6.45) is 6.75. The fourth-order valence-electron chi connectivity index (χ4n) is 3.17. The zero-order valence-electron chi connectivity index (χ0n) is 14.1. The number of carbonyl (C=O) groups excluding carboxylic acids is 1. The molecule has 2 aromatic rings. The van der Waals surface area contributed by atoms with Crippen LogP contribution in [-0.2, 0) is 6.42 Å². The van der Waals surface area contributed by atoms with Crippen molar-refractivity contribution in [3.05, 3.63) is 36.2 Å². The summed E-state index contributed by atoms with van der Waals surface area (Å²) in [4.78, 5) is 18.4. The standard InChI is InChI=1S/C17H24N4O3/c1-12(2)9-13-10-16(24-19-13)17(23)20-6-3-14(15(22)4-7-20)21-8-5-18-11-21/h5,8,10-12,14-15,22H,3-4,6-7,9H2,1-2H3/t14-,15-/m0/s1. The lowest BCUT2D eigenvalue weighted by Crippen LogP contribution is -2.32. The van der Waals surface area contributed by atoms with Crippen LogP contribution in [0.5, 0.6) is 0 Å². The number of rotatable bonds is 4. The van der Waals surface area contributed by atoms with Gasteiger partial charge in [0.15, 0.2) is 0 Å². The molecule has 1 aliphatic heterocycles. The van der Waals surface area contributed by atoms with Crippen molar-refractivity contribution in [1.82, 2.24) is 19.6 Å². The Labute approximate surface area is 141 Å². The highest BCUT2D eigenvalue weighted by molar-refractivity contribution is 5.91. The van der Waals surface area contributed by atoms with E-state index in [1.54, 1.807) is 23.5 Å². The summed E-state index contributed by atoms with van der Waals surface area (Å²) in [5.74, 6) is 0.583. The maximum absolute atomic E-state index is 12.6. The van der Waals surface area contributed by atoms with Gasteiger partial charge in [-0.3, -0.25) is 4.79 Å². The van der Waals surface area contributed by atoms with Gasteiger partial charge < -0.3 is 19.1 Å². The van der Waals surface area contributed by atoms with Gasteiger partial charge in [-0.05, 0) is 25.2 Å². The third kappa shape index (κ3) is 3.67. The Kier molecular flexibility index (Phi) is 4.99. The van der Waals surface area contributed by atoms with Crippen LogP contribution in [0, 0.1) is 5.92 Å². The molecule has 1 saturated heterocycles. The van der Waals surface area contributed by atoms with Crippen LogP contribution in [0.3, 0.4) is 0 Å². The molecule has 0 aliphatic carbocycles. The van der Waals surface area contributed by atoms with E-state index in [4.69, 9.17) is 4.52 Å². The first-order valence-corrected chi connectivity index (χ1v) is 8.45. The smallest absolute Gasteiger partial charge is 0.292 e. The van der Waals surface area contributed by atoms with E-state index in [0.29, 0.717) is 31.8 Å². The Morgan fingerprint density at radius 3 is 2.92 bits per heavy atom. The van der Waals surface area contributed by atoms with Gasteiger partial charge in [0.1, 0.15) is 0 Å². The fourth-order valence-corrected chi connectivity index (χ4v) is 3.17. The van der Waals surface area contributed by atoms with Gasteiger partial charge in [-0.2, -0.15) is 0 Å². The van der Waals surface area contributed by atoms with E-state index in [2.05, 4.69) is 24.0 Å². The first kappa shape index (κ1) is 16.7. The zero-order valence-corrected chi connectivity index (χ0v) is 14.1. The van der Waals surface area contributed by atoms with E-state index in [1.165, 1.54) is 0 Å². The van der Waals surface area contributed by atoms with Crippen molar-refractivity contribution in [2.45, 2.75) is 45.3 Å². The van der Waals surface area contributed by atoms with Crippen LogP contribution in [0.2, 0.25) is 0 Å². The average Bonchev–Trinajstić information content (AvgIpc) is 3.18. The van der Waals surface area contributed by atoms with Gasteiger partial charge in [0.25, 0.3) is 5.91 Å².